The number of halogens is 4. The second-order valence-corrected chi connectivity index (χ2v) is 5.40. The van der Waals surface area contributed by atoms with Crippen LogP contribution in [0.1, 0.15) is 15.9 Å². The fourth-order valence-corrected chi connectivity index (χ4v) is 2.18. The molecule has 0 aliphatic carbocycles. The van der Waals surface area contributed by atoms with Crippen LogP contribution in [0.15, 0.2) is 34.8 Å². The molecule has 2 N–H and O–H groups in total. The van der Waals surface area contributed by atoms with Crippen molar-refractivity contribution < 1.29 is 18.3 Å². The van der Waals surface area contributed by atoms with Gasteiger partial charge in [0.2, 0.25) is 0 Å². The molecule has 0 radical (unpaired) electrons. The number of carbonyl (C=O) groups excluding carboxylic acids is 1. The third-order valence-corrected chi connectivity index (χ3v) is 3.64. The quantitative estimate of drug-likeness (QED) is 0.493. The summed E-state index contributed by atoms with van der Waals surface area (Å²) < 4.78 is 32.2. The van der Waals surface area contributed by atoms with Crippen LogP contribution >= 0.6 is 27.5 Å². The number of ether oxygens (including phenoxy) is 1. The van der Waals surface area contributed by atoms with Crippen LogP contribution in [0.5, 0.6) is 0 Å². The van der Waals surface area contributed by atoms with E-state index in [2.05, 4.69) is 15.9 Å². The van der Waals surface area contributed by atoms with Crippen LogP contribution in [0, 0.1) is 11.6 Å². The van der Waals surface area contributed by atoms with Gasteiger partial charge in [0, 0.05) is 5.69 Å². The van der Waals surface area contributed by atoms with Crippen molar-refractivity contribution in [1.82, 2.24) is 0 Å². The number of nitrogen functional groups attached to an aromatic ring is 1. The van der Waals surface area contributed by atoms with E-state index in [1.54, 1.807) is 0 Å². The molecule has 3 nitrogen and oxygen atoms in total. The Balaban J connectivity index is 2.19. The van der Waals surface area contributed by atoms with Crippen molar-refractivity contribution in [2.75, 3.05) is 5.73 Å². The monoisotopic (exact) mass is 375 g/mol. The Hall–Kier alpha value is -1.66. The lowest BCUT2D eigenvalue weighted by molar-refractivity contribution is 0.0465. The van der Waals surface area contributed by atoms with Crippen LogP contribution in [0.4, 0.5) is 14.5 Å². The minimum atomic E-state index is -0.818. The second-order valence-electron chi connectivity index (χ2n) is 4.14. The zero-order chi connectivity index (χ0) is 15.6. The molecule has 2 aromatic carbocycles. The maximum atomic E-state index is 13.7. The first kappa shape index (κ1) is 15.7. The van der Waals surface area contributed by atoms with Gasteiger partial charge in [0.25, 0.3) is 0 Å². The fourth-order valence-electron chi connectivity index (χ4n) is 1.62. The van der Waals surface area contributed by atoms with Crippen LogP contribution < -0.4 is 5.73 Å². The Morgan fingerprint density at radius 3 is 2.71 bits per heavy atom. The van der Waals surface area contributed by atoms with E-state index >= 15 is 0 Å². The number of hydrogen-bond acceptors (Lipinski definition) is 3. The first-order chi connectivity index (χ1) is 9.90. The van der Waals surface area contributed by atoms with Crippen molar-refractivity contribution >= 4 is 39.2 Å². The summed E-state index contributed by atoms with van der Waals surface area (Å²) in [5, 5.41) is 0.143. The van der Waals surface area contributed by atoms with E-state index in [0.717, 1.165) is 6.07 Å². The molecule has 0 bridgehead atoms. The van der Waals surface area contributed by atoms with Crippen molar-refractivity contribution in [3.63, 3.8) is 0 Å². The lowest BCUT2D eigenvalue weighted by Gasteiger charge is -2.09. The molecule has 21 heavy (non-hydrogen) atoms. The average molecular weight is 377 g/mol. The van der Waals surface area contributed by atoms with Gasteiger partial charge >= 0.3 is 5.97 Å². The molecule has 0 amide bonds. The molecular formula is C14H9BrClF2NO2. The number of hydrogen-bond donors (Lipinski definition) is 1. The number of carbonyl (C=O) groups is 1. The maximum absolute atomic E-state index is 13.7. The molecule has 7 heteroatoms. The van der Waals surface area contributed by atoms with Gasteiger partial charge in [0.1, 0.15) is 18.2 Å². The van der Waals surface area contributed by atoms with Crippen LogP contribution in [0.2, 0.25) is 5.02 Å². The van der Waals surface area contributed by atoms with Gasteiger partial charge in [-0.15, -0.1) is 0 Å². The van der Waals surface area contributed by atoms with E-state index in [1.165, 1.54) is 24.3 Å². The van der Waals surface area contributed by atoms with Gasteiger partial charge in [-0.3, -0.25) is 0 Å². The highest BCUT2D eigenvalue weighted by atomic mass is 79.9. The number of nitrogens with two attached hydrogens (primary N) is 1. The van der Waals surface area contributed by atoms with E-state index in [4.69, 9.17) is 22.1 Å². The van der Waals surface area contributed by atoms with Gasteiger partial charge in [0.05, 0.1) is 20.6 Å². The normalized spacial score (nSPS) is 10.5. The van der Waals surface area contributed by atoms with Crippen molar-refractivity contribution in [3.8, 4) is 0 Å². The third kappa shape index (κ3) is 3.51. The second kappa shape index (κ2) is 6.41. The fraction of sp³-hybridized carbons (Fsp3) is 0.0714. The summed E-state index contributed by atoms with van der Waals surface area (Å²) in [5.41, 5.74) is 5.56. The molecule has 0 saturated carbocycles. The highest BCUT2D eigenvalue weighted by Gasteiger charge is 2.17. The minimum absolute atomic E-state index is 0.0347. The van der Waals surface area contributed by atoms with E-state index in [0.29, 0.717) is 5.69 Å². The lowest BCUT2D eigenvalue weighted by atomic mass is 10.2. The zero-order valence-electron chi connectivity index (χ0n) is 10.5. The van der Waals surface area contributed by atoms with Crippen LogP contribution in [-0.2, 0) is 11.3 Å². The third-order valence-electron chi connectivity index (χ3n) is 2.70. The van der Waals surface area contributed by atoms with Crippen molar-refractivity contribution in [3.05, 3.63) is 62.6 Å². The standard InChI is InChI=1S/C14H9BrClF2NO2/c15-10-2-4-12(17)9(13(10)18)6-21-14(20)8-5-7(19)1-3-11(8)16/h1-5H,6,19H2. The lowest BCUT2D eigenvalue weighted by Crippen LogP contribution is -2.09. The van der Waals surface area contributed by atoms with Gasteiger partial charge in [-0.2, -0.15) is 0 Å². The first-order valence-electron chi connectivity index (χ1n) is 5.74. The summed E-state index contributed by atoms with van der Waals surface area (Å²) in [6.07, 6.45) is 0. The summed E-state index contributed by atoms with van der Waals surface area (Å²) in [6, 6.07) is 6.59. The largest absolute Gasteiger partial charge is 0.457 e. The molecule has 0 heterocycles. The van der Waals surface area contributed by atoms with Gasteiger partial charge in [0.15, 0.2) is 0 Å². The average Bonchev–Trinajstić information content (AvgIpc) is 2.45. The maximum Gasteiger partial charge on any atom is 0.340 e. The van der Waals surface area contributed by atoms with Crippen LogP contribution in [0.25, 0.3) is 0 Å². The van der Waals surface area contributed by atoms with E-state index in [1.807, 2.05) is 0 Å². The van der Waals surface area contributed by atoms with Crippen molar-refractivity contribution in [2.24, 2.45) is 0 Å². The summed E-state index contributed by atoms with van der Waals surface area (Å²) in [7, 11) is 0. The zero-order valence-corrected chi connectivity index (χ0v) is 12.8. The molecular weight excluding hydrogens is 368 g/mol. The highest BCUT2D eigenvalue weighted by molar-refractivity contribution is 9.10. The molecule has 110 valence electrons. The number of anilines is 1. The molecule has 0 spiro atoms. The minimum Gasteiger partial charge on any atom is -0.457 e. The van der Waals surface area contributed by atoms with Crippen LogP contribution in [-0.4, -0.2) is 5.97 Å². The number of rotatable bonds is 3. The summed E-state index contributed by atoms with van der Waals surface area (Å²) in [5.74, 6) is -2.44. The van der Waals surface area contributed by atoms with Gasteiger partial charge in [-0.05, 0) is 46.3 Å². The van der Waals surface area contributed by atoms with Gasteiger partial charge in [-0.25, -0.2) is 13.6 Å². The SMILES string of the molecule is Nc1ccc(Cl)c(C(=O)OCc2c(F)ccc(Br)c2F)c1. The Bertz CT molecular complexity index is 710. The predicted octanol–water partition coefficient (Wildman–Crippen LogP) is 4.32. The highest BCUT2D eigenvalue weighted by Crippen LogP contribution is 2.24. The topological polar surface area (TPSA) is 52.3 Å². The Kier molecular flexibility index (Phi) is 4.80. The Morgan fingerprint density at radius 1 is 1.29 bits per heavy atom. The molecule has 0 fully saturated rings. The molecule has 0 unspecified atom stereocenters. The summed E-state index contributed by atoms with van der Waals surface area (Å²) in [6.45, 7) is -0.554. The van der Waals surface area contributed by atoms with Crippen molar-refractivity contribution in [2.45, 2.75) is 6.61 Å². The Labute approximate surface area is 132 Å². The molecule has 0 atom stereocenters. The van der Waals surface area contributed by atoms with Gasteiger partial charge < -0.3 is 10.5 Å². The molecule has 0 aromatic heterocycles. The smallest absolute Gasteiger partial charge is 0.340 e. The van der Waals surface area contributed by atoms with E-state index < -0.39 is 24.2 Å². The number of benzene rings is 2. The molecule has 2 rings (SSSR count). The number of esters is 1. The summed E-state index contributed by atoms with van der Waals surface area (Å²) >= 11 is 8.78. The molecule has 0 aliphatic rings. The summed E-state index contributed by atoms with van der Waals surface area (Å²) in [4.78, 5) is 11.9. The molecule has 0 saturated heterocycles. The first-order valence-corrected chi connectivity index (χ1v) is 6.91. The van der Waals surface area contributed by atoms with E-state index in [9.17, 15) is 13.6 Å². The molecule has 2 aromatic rings. The Morgan fingerprint density at radius 2 is 2.00 bits per heavy atom. The van der Waals surface area contributed by atoms with Gasteiger partial charge in [-0.1, -0.05) is 11.6 Å². The molecule has 0 aliphatic heterocycles. The van der Waals surface area contributed by atoms with Crippen molar-refractivity contribution in [1.29, 1.82) is 0 Å². The van der Waals surface area contributed by atoms with Crippen LogP contribution in [0.3, 0.4) is 0 Å². The van der Waals surface area contributed by atoms with E-state index in [-0.39, 0.29) is 20.6 Å². The predicted molar refractivity (Wildman–Crippen MR) is 79.0 cm³/mol.